The third-order valence-corrected chi connectivity index (χ3v) is 5.07. The number of nitrogens with two attached hydrogens (primary N) is 1. The SMILES string of the molecule is CCOC(=O)c1cnc(SCC(=O)Nc2nnc(-c3ccccc3)s2)nc1N. The van der Waals surface area contributed by atoms with Crippen molar-refractivity contribution < 1.29 is 14.3 Å². The Morgan fingerprint density at radius 2 is 2.04 bits per heavy atom. The van der Waals surface area contributed by atoms with Crippen molar-refractivity contribution in [2.24, 2.45) is 0 Å². The second-order valence-corrected chi connectivity index (χ2v) is 7.21. The van der Waals surface area contributed by atoms with Gasteiger partial charge < -0.3 is 10.5 Å². The van der Waals surface area contributed by atoms with Gasteiger partial charge in [0.25, 0.3) is 0 Å². The maximum atomic E-state index is 12.1. The number of nitrogens with one attached hydrogen (secondary N) is 1. The van der Waals surface area contributed by atoms with Crippen molar-refractivity contribution in [2.45, 2.75) is 12.1 Å². The Morgan fingerprint density at radius 1 is 1.25 bits per heavy atom. The van der Waals surface area contributed by atoms with Crippen LogP contribution in [0.5, 0.6) is 0 Å². The molecule has 0 spiro atoms. The molecule has 0 aliphatic carbocycles. The van der Waals surface area contributed by atoms with Gasteiger partial charge in [0, 0.05) is 11.8 Å². The number of hydrogen-bond acceptors (Lipinski definition) is 10. The minimum atomic E-state index is -0.584. The molecule has 3 aromatic rings. The predicted molar refractivity (Wildman–Crippen MR) is 107 cm³/mol. The van der Waals surface area contributed by atoms with Gasteiger partial charge in [-0.3, -0.25) is 10.1 Å². The van der Waals surface area contributed by atoms with Crippen LogP contribution in [-0.4, -0.2) is 44.4 Å². The van der Waals surface area contributed by atoms with Crippen LogP contribution >= 0.6 is 23.1 Å². The highest BCUT2D eigenvalue weighted by Gasteiger charge is 2.15. The number of amides is 1. The summed E-state index contributed by atoms with van der Waals surface area (Å²) in [5.41, 5.74) is 6.78. The Hall–Kier alpha value is -3.05. The van der Waals surface area contributed by atoms with Gasteiger partial charge in [-0.25, -0.2) is 14.8 Å². The highest BCUT2D eigenvalue weighted by molar-refractivity contribution is 7.99. The van der Waals surface area contributed by atoms with Gasteiger partial charge >= 0.3 is 5.97 Å². The van der Waals surface area contributed by atoms with Crippen LogP contribution in [0, 0.1) is 0 Å². The van der Waals surface area contributed by atoms with E-state index in [9.17, 15) is 9.59 Å². The van der Waals surface area contributed by atoms with Gasteiger partial charge in [-0.1, -0.05) is 53.4 Å². The lowest BCUT2D eigenvalue weighted by atomic mass is 10.2. The number of thioether (sulfide) groups is 1. The molecule has 2 heterocycles. The van der Waals surface area contributed by atoms with Crippen LogP contribution in [0.15, 0.2) is 41.7 Å². The number of hydrogen-bond donors (Lipinski definition) is 2. The van der Waals surface area contributed by atoms with Crippen LogP contribution in [0.1, 0.15) is 17.3 Å². The van der Waals surface area contributed by atoms with Gasteiger partial charge in [0.05, 0.1) is 12.4 Å². The molecule has 0 atom stereocenters. The number of carbonyl (C=O) groups is 2. The number of rotatable bonds is 7. The number of benzene rings is 1. The molecular formula is C17H16N6O3S2. The van der Waals surface area contributed by atoms with E-state index in [0.29, 0.717) is 10.1 Å². The van der Waals surface area contributed by atoms with Gasteiger partial charge in [0.1, 0.15) is 16.4 Å². The van der Waals surface area contributed by atoms with E-state index in [1.165, 1.54) is 17.5 Å². The number of aromatic nitrogens is 4. The van der Waals surface area contributed by atoms with Crippen LogP contribution in [0.4, 0.5) is 10.9 Å². The largest absolute Gasteiger partial charge is 0.462 e. The third kappa shape index (κ3) is 5.02. The summed E-state index contributed by atoms with van der Waals surface area (Å²) >= 11 is 2.37. The van der Waals surface area contributed by atoms with E-state index in [1.807, 2.05) is 30.3 Å². The van der Waals surface area contributed by atoms with Crippen molar-refractivity contribution >= 4 is 45.9 Å². The summed E-state index contributed by atoms with van der Waals surface area (Å²) in [6.07, 6.45) is 1.29. The topological polar surface area (TPSA) is 133 Å². The maximum Gasteiger partial charge on any atom is 0.343 e. The third-order valence-electron chi connectivity index (χ3n) is 3.32. The Labute approximate surface area is 168 Å². The first-order valence-electron chi connectivity index (χ1n) is 8.18. The average molecular weight is 416 g/mol. The number of carbonyl (C=O) groups excluding carboxylic acids is 2. The number of nitrogens with zero attached hydrogens (tertiary/aromatic N) is 4. The Kier molecular flexibility index (Phi) is 6.50. The quantitative estimate of drug-likeness (QED) is 0.338. The summed E-state index contributed by atoms with van der Waals surface area (Å²) in [7, 11) is 0. The molecule has 3 N–H and O–H groups in total. The normalized spacial score (nSPS) is 10.5. The molecule has 1 aromatic carbocycles. The summed E-state index contributed by atoms with van der Waals surface area (Å²) in [6.45, 7) is 1.92. The van der Waals surface area contributed by atoms with Crippen LogP contribution in [0.2, 0.25) is 0 Å². The van der Waals surface area contributed by atoms with Gasteiger partial charge in [-0.15, -0.1) is 10.2 Å². The Bertz CT molecular complexity index is 980. The average Bonchev–Trinajstić information content (AvgIpc) is 3.15. The van der Waals surface area contributed by atoms with E-state index in [-0.39, 0.29) is 34.8 Å². The first-order chi connectivity index (χ1) is 13.6. The van der Waals surface area contributed by atoms with E-state index < -0.39 is 5.97 Å². The highest BCUT2D eigenvalue weighted by atomic mass is 32.2. The van der Waals surface area contributed by atoms with E-state index in [4.69, 9.17) is 10.5 Å². The lowest BCUT2D eigenvalue weighted by Crippen LogP contribution is -2.15. The van der Waals surface area contributed by atoms with Gasteiger partial charge in [0.2, 0.25) is 11.0 Å². The first-order valence-corrected chi connectivity index (χ1v) is 9.98. The predicted octanol–water partition coefficient (Wildman–Crippen LogP) is 2.48. The second-order valence-electron chi connectivity index (χ2n) is 5.29. The molecule has 0 aliphatic heterocycles. The Morgan fingerprint density at radius 3 is 2.75 bits per heavy atom. The summed E-state index contributed by atoms with van der Waals surface area (Å²) < 4.78 is 4.87. The highest BCUT2D eigenvalue weighted by Crippen LogP contribution is 2.26. The zero-order valence-electron chi connectivity index (χ0n) is 14.8. The minimum Gasteiger partial charge on any atom is -0.462 e. The molecule has 0 fully saturated rings. The molecular weight excluding hydrogens is 400 g/mol. The summed E-state index contributed by atoms with van der Waals surface area (Å²) in [4.78, 5) is 31.9. The molecule has 0 bridgehead atoms. The van der Waals surface area contributed by atoms with Gasteiger partial charge in [0.15, 0.2) is 5.16 Å². The zero-order chi connectivity index (χ0) is 19.9. The van der Waals surface area contributed by atoms with Crippen molar-refractivity contribution in [2.75, 3.05) is 23.4 Å². The second kappa shape index (κ2) is 9.24. The lowest BCUT2D eigenvalue weighted by molar-refractivity contribution is -0.113. The molecule has 0 unspecified atom stereocenters. The van der Waals surface area contributed by atoms with E-state index >= 15 is 0 Å². The molecule has 0 radical (unpaired) electrons. The molecule has 28 heavy (non-hydrogen) atoms. The van der Waals surface area contributed by atoms with Crippen LogP contribution < -0.4 is 11.1 Å². The Balaban J connectivity index is 1.55. The van der Waals surface area contributed by atoms with Crippen LogP contribution in [0.25, 0.3) is 10.6 Å². The van der Waals surface area contributed by atoms with E-state index in [0.717, 1.165) is 17.3 Å². The first kappa shape index (κ1) is 19.7. The number of anilines is 2. The molecule has 3 rings (SSSR count). The number of esters is 1. The number of ether oxygens (including phenoxy) is 1. The molecule has 1 amide bonds. The molecule has 0 saturated carbocycles. The van der Waals surface area contributed by atoms with Crippen LogP contribution in [-0.2, 0) is 9.53 Å². The summed E-state index contributed by atoms with van der Waals surface area (Å²) in [5.74, 6) is -0.802. The molecule has 9 nitrogen and oxygen atoms in total. The molecule has 2 aromatic heterocycles. The smallest absolute Gasteiger partial charge is 0.343 e. The van der Waals surface area contributed by atoms with Crippen molar-refractivity contribution in [1.29, 1.82) is 0 Å². The molecule has 0 saturated heterocycles. The van der Waals surface area contributed by atoms with E-state index in [2.05, 4.69) is 25.5 Å². The molecule has 11 heteroatoms. The van der Waals surface area contributed by atoms with E-state index in [1.54, 1.807) is 6.92 Å². The fourth-order valence-electron chi connectivity index (χ4n) is 2.07. The maximum absolute atomic E-state index is 12.1. The standard InChI is InChI=1S/C17H16N6O3S2/c1-2-26-15(25)11-8-19-16(21-13(11)18)27-9-12(24)20-17-23-22-14(28-17)10-6-4-3-5-7-10/h3-8H,2,9H2,1H3,(H2,18,19,21)(H,20,23,24). The van der Waals surface area contributed by atoms with Gasteiger partial charge in [-0.2, -0.15) is 0 Å². The summed E-state index contributed by atoms with van der Waals surface area (Å²) in [6, 6.07) is 9.57. The monoisotopic (exact) mass is 416 g/mol. The molecule has 0 aliphatic rings. The zero-order valence-corrected chi connectivity index (χ0v) is 16.4. The fourth-order valence-corrected chi connectivity index (χ4v) is 3.46. The van der Waals surface area contributed by atoms with Crippen molar-refractivity contribution in [3.8, 4) is 10.6 Å². The van der Waals surface area contributed by atoms with Crippen molar-refractivity contribution in [3.63, 3.8) is 0 Å². The fraction of sp³-hybridized carbons (Fsp3) is 0.176. The molecule has 144 valence electrons. The summed E-state index contributed by atoms with van der Waals surface area (Å²) in [5, 5.41) is 12.1. The van der Waals surface area contributed by atoms with Crippen molar-refractivity contribution in [1.82, 2.24) is 20.2 Å². The van der Waals surface area contributed by atoms with Gasteiger partial charge in [-0.05, 0) is 6.92 Å². The van der Waals surface area contributed by atoms with Crippen LogP contribution in [0.3, 0.4) is 0 Å². The lowest BCUT2D eigenvalue weighted by Gasteiger charge is -2.05. The van der Waals surface area contributed by atoms with Crippen molar-refractivity contribution in [3.05, 3.63) is 42.1 Å². The number of nitrogen functional groups attached to an aromatic ring is 1. The minimum absolute atomic E-state index is 0.00739.